The molecule has 5 heteroatoms. The van der Waals surface area contributed by atoms with Gasteiger partial charge in [-0.25, -0.2) is 13.1 Å². The van der Waals surface area contributed by atoms with Crippen LogP contribution in [-0.2, 0) is 10.0 Å². The fourth-order valence-corrected chi connectivity index (χ4v) is 3.85. The van der Waals surface area contributed by atoms with Crippen molar-refractivity contribution in [2.45, 2.75) is 38.1 Å². The Morgan fingerprint density at radius 3 is 2.26 bits per heavy atom. The molecule has 1 atom stereocenters. The molecule has 0 bridgehead atoms. The highest BCUT2D eigenvalue weighted by molar-refractivity contribution is 7.89. The van der Waals surface area contributed by atoms with Crippen LogP contribution in [0.2, 0.25) is 0 Å². The molecule has 0 fully saturated rings. The molecule has 0 heterocycles. The van der Waals surface area contributed by atoms with Gasteiger partial charge in [0.05, 0.1) is 12.0 Å². The summed E-state index contributed by atoms with van der Waals surface area (Å²) in [4.78, 5) is 0.251. The largest absolute Gasteiger partial charge is 0.496 e. The van der Waals surface area contributed by atoms with Crippen molar-refractivity contribution in [3.05, 3.63) is 59.2 Å². The maximum Gasteiger partial charge on any atom is 0.241 e. The molecule has 124 valence electrons. The monoisotopic (exact) mass is 333 g/mol. The van der Waals surface area contributed by atoms with Gasteiger partial charge in [-0.2, -0.15) is 0 Å². The maximum atomic E-state index is 12.6. The predicted octanol–water partition coefficient (Wildman–Crippen LogP) is 3.74. The van der Waals surface area contributed by atoms with Crippen molar-refractivity contribution < 1.29 is 13.2 Å². The zero-order valence-corrected chi connectivity index (χ0v) is 14.8. The Morgan fingerprint density at radius 2 is 1.74 bits per heavy atom. The smallest absolute Gasteiger partial charge is 0.241 e. The van der Waals surface area contributed by atoms with E-state index < -0.39 is 10.0 Å². The van der Waals surface area contributed by atoms with Gasteiger partial charge in [0.2, 0.25) is 10.0 Å². The van der Waals surface area contributed by atoms with Gasteiger partial charge in [0.25, 0.3) is 0 Å². The summed E-state index contributed by atoms with van der Waals surface area (Å²) >= 11 is 0. The molecule has 0 aliphatic heterocycles. The highest BCUT2D eigenvalue weighted by atomic mass is 32.2. The summed E-state index contributed by atoms with van der Waals surface area (Å²) in [6, 6.07) is 12.5. The minimum atomic E-state index is -3.58. The zero-order valence-electron chi connectivity index (χ0n) is 14.0. The highest BCUT2D eigenvalue weighted by Crippen LogP contribution is 2.24. The molecular formula is C18H23NO3S. The van der Waals surface area contributed by atoms with E-state index >= 15 is 0 Å². The number of benzene rings is 2. The van der Waals surface area contributed by atoms with Crippen LogP contribution in [0.15, 0.2) is 47.4 Å². The molecule has 0 aliphatic carbocycles. The van der Waals surface area contributed by atoms with E-state index in [-0.39, 0.29) is 10.9 Å². The van der Waals surface area contributed by atoms with Crippen LogP contribution in [0, 0.1) is 13.8 Å². The molecule has 23 heavy (non-hydrogen) atoms. The summed E-state index contributed by atoms with van der Waals surface area (Å²) in [7, 11) is -2.01. The number of rotatable bonds is 6. The van der Waals surface area contributed by atoms with Crippen LogP contribution in [0.1, 0.15) is 36.1 Å². The number of hydrogen-bond donors (Lipinski definition) is 1. The molecule has 0 saturated heterocycles. The minimum absolute atomic E-state index is 0.247. The Bertz CT molecular complexity index is 767. The van der Waals surface area contributed by atoms with Gasteiger partial charge in [0.1, 0.15) is 5.75 Å². The van der Waals surface area contributed by atoms with Gasteiger partial charge in [-0.3, -0.25) is 0 Å². The molecule has 0 aliphatic rings. The van der Waals surface area contributed by atoms with E-state index in [1.54, 1.807) is 25.3 Å². The van der Waals surface area contributed by atoms with E-state index in [1.807, 2.05) is 45.0 Å². The first-order chi connectivity index (χ1) is 10.9. The third kappa shape index (κ3) is 4.12. The van der Waals surface area contributed by atoms with Gasteiger partial charge >= 0.3 is 0 Å². The summed E-state index contributed by atoms with van der Waals surface area (Å²) in [5.74, 6) is 0.675. The van der Waals surface area contributed by atoms with Crippen molar-refractivity contribution in [3.8, 4) is 5.75 Å². The second-order valence-electron chi connectivity index (χ2n) is 5.62. The third-order valence-corrected chi connectivity index (χ3v) is 5.33. The Labute approximate surface area is 138 Å². The minimum Gasteiger partial charge on any atom is -0.496 e. The van der Waals surface area contributed by atoms with Crippen molar-refractivity contribution in [2.75, 3.05) is 7.11 Å². The summed E-state index contributed by atoms with van der Waals surface area (Å²) in [5, 5.41) is 0. The molecule has 1 unspecified atom stereocenters. The molecule has 2 aromatic carbocycles. The molecule has 0 saturated carbocycles. The number of sulfonamides is 1. The van der Waals surface area contributed by atoms with Crippen LogP contribution in [0.25, 0.3) is 0 Å². The number of nitrogens with one attached hydrogen (secondary N) is 1. The highest BCUT2D eigenvalue weighted by Gasteiger charge is 2.21. The molecular weight excluding hydrogens is 310 g/mol. The second kappa shape index (κ2) is 7.15. The van der Waals surface area contributed by atoms with E-state index in [1.165, 1.54) is 0 Å². The van der Waals surface area contributed by atoms with Crippen molar-refractivity contribution >= 4 is 10.0 Å². The summed E-state index contributed by atoms with van der Waals surface area (Å²) in [5.41, 5.74) is 2.91. The SMILES string of the molecule is CCC(NS(=O)(=O)c1ccc(OC)c(C)c1)c1ccc(C)cc1. The maximum absolute atomic E-state index is 12.6. The number of aryl methyl sites for hydroxylation is 2. The zero-order chi connectivity index (χ0) is 17.0. The average molecular weight is 333 g/mol. The first-order valence-corrected chi connectivity index (χ1v) is 9.09. The first kappa shape index (κ1) is 17.5. The molecule has 4 nitrogen and oxygen atoms in total. The lowest BCUT2D eigenvalue weighted by Gasteiger charge is -2.18. The summed E-state index contributed by atoms with van der Waals surface area (Å²) < 4.78 is 33.3. The molecule has 2 rings (SSSR count). The Kier molecular flexibility index (Phi) is 5.44. The Hall–Kier alpha value is -1.85. The Balaban J connectivity index is 2.28. The van der Waals surface area contributed by atoms with E-state index in [0.717, 1.165) is 16.7 Å². The van der Waals surface area contributed by atoms with Gasteiger partial charge in [0, 0.05) is 6.04 Å². The van der Waals surface area contributed by atoms with Crippen molar-refractivity contribution in [1.82, 2.24) is 4.72 Å². The molecule has 0 radical (unpaired) electrons. The molecule has 0 amide bonds. The molecule has 0 spiro atoms. The van der Waals surface area contributed by atoms with Crippen LogP contribution >= 0.6 is 0 Å². The van der Waals surface area contributed by atoms with Crippen LogP contribution in [0.4, 0.5) is 0 Å². The molecule has 1 N–H and O–H groups in total. The average Bonchev–Trinajstić information content (AvgIpc) is 2.53. The van der Waals surface area contributed by atoms with Gasteiger partial charge in [-0.1, -0.05) is 36.8 Å². The van der Waals surface area contributed by atoms with E-state index in [2.05, 4.69) is 4.72 Å². The van der Waals surface area contributed by atoms with Gasteiger partial charge in [0.15, 0.2) is 0 Å². The summed E-state index contributed by atoms with van der Waals surface area (Å²) in [6.07, 6.45) is 0.678. The van der Waals surface area contributed by atoms with Crippen LogP contribution in [0.5, 0.6) is 5.75 Å². The Morgan fingerprint density at radius 1 is 1.09 bits per heavy atom. The van der Waals surface area contributed by atoms with E-state index in [0.29, 0.717) is 12.2 Å². The molecule has 2 aromatic rings. The lowest BCUT2D eigenvalue weighted by Crippen LogP contribution is -2.28. The molecule has 0 aromatic heterocycles. The normalized spacial score (nSPS) is 12.9. The van der Waals surface area contributed by atoms with Crippen molar-refractivity contribution in [3.63, 3.8) is 0 Å². The fraction of sp³-hybridized carbons (Fsp3) is 0.333. The first-order valence-electron chi connectivity index (χ1n) is 7.61. The standard InChI is InChI=1S/C18H23NO3S/c1-5-17(15-8-6-13(2)7-9-15)19-23(20,21)16-10-11-18(22-4)14(3)12-16/h6-12,17,19H,5H2,1-4H3. The second-order valence-corrected chi connectivity index (χ2v) is 7.34. The fourth-order valence-electron chi connectivity index (χ4n) is 2.46. The van der Waals surface area contributed by atoms with Crippen LogP contribution in [0.3, 0.4) is 0 Å². The lowest BCUT2D eigenvalue weighted by molar-refractivity contribution is 0.411. The third-order valence-electron chi connectivity index (χ3n) is 3.86. The van der Waals surface area contributed by atoms with Gasteiger partial charge in [-0.05, 0) is 49.6 Å². The van der Waals surface area contributed by atoms with E-state index in [4.69, 9.17) is 4.74 Å². The lowest BCUT2D eigenvalue weighted by atomic mass is 10.0. The van der Waals surface area contributed by atoms with Crippen LogP contribution < -0.4 is 9.46 Å². The quantitative estimate of drug-likeness (QED) is 0.876. The van der Waals surface area contributed by atoms with Crippen molar-refractivity contribution in [2.24, 2.45) is 0 Å². The van der Waals surface area contributed by atoms with Gasteiger partial charge < -0.3 is 4.74 Å². The predicted molar refractivity (Wildman–Crippen MR) is 92.3 cm³/mol. The number of ether oxygens (including phenoxy) is 1. The topological polar surface area (TPSA) is 55.4 Å². The number of hydrogen-bond acceptors (Lipinski definition) is 3. The summed E-state index contributed by atoms with van der Waals surface area (Å²) in [6.45, 7) is 5.80. The van der Waals surface area contributed by atoms with Gasteiger partial charge in [-0.15, -0.1) is 0 Å². The van der Waals surface area contributed by atoms with Crippen molar-refractivity contribution in [1.29, 1.82) is 0 Å². The van der Waals surface area contributed by atoms with Crippen LogP contribution in [-0.4, -0.2) is 15.5 Å². The number of methoxy groups -OCH3 is 1. The van der Waals surface area contributed by atoms with E-state index in [9.17, 15) is 8.42 Å².